The number of methoxy groups -OCH3 is 2. The van der Waals surface area contributed by atoms with E-state index in [2.05, 4.69) is 5.32 Å². The van der Waals surface area contributed by atoms with Crippen LogP contribution in [0.2, 0.25) is 0 Å². The molecule has 2 unspecified atom stereocenters. The van der Waals surface area contributed by atoms with E-state index in [-0.39, 0.29) is 24.5 Å². The summed E-state index contributed by atoms with van der Waals surface area (Å²) in [7, 11) is 3.13. The summed E-state index contributed by atoms with van der Waals surface area (Å²) in [5, 5.41) is 2.58. The van der Waals surface area contributed by atoms with Gasteiger partial charge in [-0.2, -0.15) is 0 Å². The zero-order chi connectivity index (χ0) is 12.1. The molecule has 0 bridgehead atoms. The zero-order valence-electron chi connectivity index (χ0n) is 9.86. The van der Waals surface area contributed by atoms with E-state index in [0.717, 1.165) is 0 Å². The molecule has 0 aromatic carbocycles. The Hall–Kier alpha value is -1.14. The molecule has 0 saturated carbocycles. The predicted molar refractivity (Wildman–Crippen MR) is 56.9 cm³/mol. The zero-order valence-corrected chi connectivity index (χ0v) is 9.86. The highest BCUT2D eigenvalue weighted by Crippen LogP contribution is 2.05. The first-order valence-electron chi connectivity index (χ1n) is 5.18. The van der Waals surface area contributed by atoms with Gasteiger partial charge >= 0.3 is 0 Å². The Balaban J connectivity index is 2.56. The van der Waals surface area contributed by atoms with Crippen LogP contribution in [0.4, 0.5) is 0 Å². The van der Waals surface area contributed by atoms with Crippen molar-refractivity contribution in [2.24, 2.45) is 0 Å². The van der Waals surface area contributed by atoms with Gasteiger partial charge in [0.25, 0.3) is 0 Å². The van der Waals surface area contributed by atoms with E-state index in [4.69, 9.17) is 9.47 Å². The molecular formula is C10H18N2O4. The SMILES string of the molecule is COCC(CN1CC(=O)NC(C)C1=O)OC. The Labute approximate surface area is 94.9 Å². The fourth-order valence-corrected chi connectivity index (χ4v) is 1.66. The molecule has 1 rings (SSSR count). The fraction of sp³-hybridized carbons (Fsp3) is 0.800. The number of nitrogens with one attached hydrogen (secondary N) is 1. The largest absolute Gasteiger partial charge is 0.382 e. The maximum Gasteiger partial charge on any atom is 0.245 e. The molecule has 1 aliphatic rings. The molecule has 2 atom stereocenters. The summed E-state index contributed by atoms with van der Waals surface area (Å²) in [5.41, 5.74) is 0. The lowest BCUT2D eigenvalue weighted by atomic mass is 10.2. The van der Waals surface area contributed by atoms with Gasteiger partial charge in [-0.3, -0.25) is 9.59 Å². The summed E-state index contributed by atoms with van der Waals surface area (Å²) < 4.78 is 10.1. The van der Waals surface area contributed by atoms with E-state index < -0.39 is 6.04 Å². The van der Waals surface area contributed by atoms with Crippen molar-refractivity contribution in [1.29, 1.82) is 0 Å². The summed E-state index contributed by atoms with van der Waals surface area (Å²) in [4.78, 5) is 24.5. The third-order valence-electron chi connectivity index (χ3n) is 2.50. The maximum absolute atomic E-state index is 11.7. The molecule has 2 amide bonds. The molecule has 6 nitrogen and oxygen atoms in total. The van der Waals surface area contributed by atoms with E-state index in [1.54, 1.807) is 21.1 Å². The van der Waals surface area contributed by atoms with Gasteiger partial charge in [-0.1, -0.05) is 0 Å². The van der Waals surface area contributed by atoms with Crippen LogP contribution < -0.4 is 5.32 Å². The molecule has 0 spiro atoms. The van der Waals surface area contributed by atoms with Gasteiger partial charge in [0.2, 0.25) is 11.8 Å². The standard InChI is InChI=1S/C10H18N2O4/c1-7-10(14)12(5-9(13)11-7)4-8(16-3)6-15-2/h7-8H,4-6H2,1-3H3,(H,11,13). The monoisotopic (exact) mass is 230 g/mol. The second-order valence-corrected chi connectivity index (χ2v) is 3.82. The maximum atomic E-state index is 11.7. The Morgan fingerprint density at radius 3 is 2.75 bits per heavy atom. The highest BCUT2D eigenvalue weighted by atomic mass is 16.5. The van der Waals surface area contributed by atoms with Crippen molar-refractivity contribution < 1.29 is 19.1 Å². The number of hydrogen-bond acceptors (Lipinski definition) is 4. The Kier molecular flexibility index (Phi) is 4.70. The molecule has 92 valence electrons. The lowest BCUT2D eigenvalue weighted by Crippen LogP contribution is -2.58. The number of hydrogen-bond donors (Lipinski definition) is 1. The lowest BCUT2D eigenvalue weighted by Gasteiger charge is -2.32. The number of amides is 2. The van der Waals surface area contributed by atoms with Gasteiger partial charge in [0, 0.05) is 20.8 Å². The van der Waals surface area contributed by atoms with E-state index in [1.807, 2.05) is 0 Å². The highest BCUT2D eigenvalue weighted by Gasteiger charge is 2.30. The first-order chi connectivity index (χ1) is 7.58. The molecule has 0 aromatic heterocycles. The van der Waals surface area contributed by atoms with Crippen molar-refractivity contribution in [2.45, 2.75) is 19.1 Å². The summed E-state index contributed by atoms with van der Waals surface area (Å²) in [6.45, 7) is 2.54. The van der Waals surface area contributed by atoms with E-state index >= 15 is 0 Å². The predicted octanol–water partition coefficient (Wildman–Crippen LogP) is -1.01. The van der Waals surface area contributed by atoms with Gasteiger partial charge in [-0.25, -0.2) is 0 Å². The van der Waals surface area contributed by atoms with Crippen LogP contribution in [0.3, 0.4) is 0 Å². The van der Waals surface area contributed by atoms with Crippen molar-refractivity contribution >= 4 is 11.8 Å². The minimum absolute atomic E-state index is 0.0854. The van der Waals surface area contributed by atoms with Gasteiger partial charge < -0.3 is 19.7 Å². The van der Waals surface area contributed by atoms with E-state index in [1.165, 1.54) is 4.90 Å². The van der Waals surface area contributed by atoms with Gasteiger partial charge in [0.1, 0.15) is 6.04 Å². The molecule has 1 aliphatic heterocycles. The molecule has 1 heterocycles. The molecule has 16 heavy (non-hydrogen) atoms. The number of carbonyl (C=O) groups excluding carboxylic acids is 2. The molecule has 6 heteroatoms. The Bertz CT molecular complexity index is 270. The Morgan fingerprint density at radius 2 is 2.19 bits per heavy atom. The van der Waals surface area contributed by atoms with Crippen LogP contribution >= 0.6 is 0 Å². The number of piperazine rings is 1. The molecule has 1 N–H and O–H groups in total. The lowest BCUT2D eigenvalue weighted by molar-refractivity contribution is -0.145. The molecule has 0 radical (unpaired) electrons. The molecule has 1 saturated heterocycles. The second-order valence-electron chi connectivity index (χ2n) is 3.82. The van der Waals surface area contributed by atoms with Crippen LogP contribution in [-0.2, 0) is 19.1 Å². The van der Waals surface area contributed by atoms with Gasteiger partial charge in [-0.05, 0) is 6.92 Å². The topological polar surface area (TPSA) is 67.9 Å². The average Bonchev–Trinajstić information content (AvgIpc) is 2.24. The van der Waals surface area contributed by atoms with Crippen LogP contribution in [-0.4, -0.2) is 62.8 Å². The summed E-state index contributed by atoms with van der Waals surface area (Å²) in [6.07, 6.45) is -0.202. The average molecular weight is 230 g/mol. The van der Waals surface area contributed by atoms with Crippen molar-refractivity contribution in [3.05, 3.63) is 0 Å². The number of rotatable bonds is 5. The fourth-order valence-electron chi connectivity index (χ4n) is 1.66. The molecule has 0 aliphatic carbocycles. The van der Waals surface area contributed by atoms with Crippen LogP contribution in [0.25, 0.3) is 0 Å². The first kappa shape index (κ1) is 12.9. The number of carbonyl (C=O) groups is 2. The van der Waals surface area contributed by atoms with E-state index in [0.29, 0.717) is 13.2 Å². The highest BCUT2D eigenvalue weighted by molar-refractivity contribution is 5.94. The molecule has 0 aromatic rings. The van der Waals surface area contributed by atoms with E-state index in [9.17, 15) is 9.59 Å². The van der Waals surface area contributed by atoms with Gasteiger partial charge in [0.05, 0.1) is 19.3 Å². The van der Waals surface area contributed by atoms with Crippen molar-refractivity contribution in [2.75, 3.05) is 33.9 Å². The Morgan fingerprint density at radius 1 is 1.50 bits per heavy atom. The third-order valence-corrected chi connectivity index (χ3v) is 2.50. The smallest absolute Gasteiger partial charge is 0.245 e. The quantitative estimate of drug-likeness (QED) is 0.657. The van der Waals surface area contributed by atoms with Crippen molar-refractivity contribution in [1.82, 2.24) is 10.2 Å². The first-order valence-corrected chi connectivity index (χ1v) is 5.18. The number of ether oxygens (including phenoxy) is 2. The minimum Gasteiger partial charge on any atom is -0.382 e. The normalized spacial score (nSPS) is 23.2. The van der Waals surface area contributed by atoms with Crippen LogP contribution in [0.1, 0.15) is 6.92 Å². The van der Waals surface area contributed by atoms with Crippen LogP contribution in [0, 0.1) is 0 Å². The third kappa shape index (κ3) is 3.18. The molecule has 1 fully saturated rings. The van der Waals surface area contributed by atoms with Crippen LogP contribution in [0.15, 0.2) is 0 Å². The second kappa shape index (κ2) is 5.81. The summed E-state index contributed by atoms with van der Waals surface area (Å²) >= 11 is 0. The number of nitrogens with zero attached hydrogens (tertiary/aromatic N) is 1. The molecular weight excluding hydrogens is 212 g/mol. The van der Waals surface area contributed by atoms with Gasteiger partial charge in [0.15, 0.2) is 0 Å². The minimum atomic E-state index is -0.457. The summed E-state index contributed by atoms with van der Waals surface area (Å²) in [6, 6.07) is -0.457. The summed E-state index contributed by atoms with van der Waals surface area (Å²) in [5.74, 6) is -0.225. The van der Waals surface area contributed by atoms with Gasteiger partial charge in [-0.15, -0.1) is 0 Å². The van der Waals surface area contributed by atoms with Crippen LogP contribution in [0.5, 0.6) is 0 Å². The van der Waals surface area contributed by atoms with Crippen molar-refractivity contribution in [3.8, 4) is 0 Å². The van der Waals surface area contributed by atoms with Crippen molar-refractivity contribution in [3.63, 3.8) is 0 Å².